The fourth-order valence-corrected chi connectivity index (χ4v) is 6.14. The molecule has 4 rings (SSSR count). The van der Waals surface area contributed by atoms with Gasteiger partial charge in [0.1, 0.15) is 31.6 Å². The van der Waals surface area contributed by atoms with Crippen molar-refractivity contribution < 1.29 is 31.9 Å². The van der Waals surface area contributed by atoms with Crippen molar-refractivity contribution in [3.8, 4) is 11.5 Å². The number of rotatable bonds is 13. The van der Waals surface area contributed by atoms with E-state index in [0.29, 0.717) is 31.7 Å². The molecule has 0 unspecified atom stereocenters. The summed E-state index contributed by atoms with van der Waals surface area (Å²) in [5.74, 6) is -0.722. The summed E-state index contributed by atoms with van der Waals surface area (Å²) in [6, 6.07) is 17.8. The molecule has 0 aliphatic carbocycles. The third kappa shape index (κ3) is 7.39. The summed E-state index contributed by atoms with van der Waals surface area (Å²) in [6.07, 6.45) is 1.53. The molecule has 1 heterocycles. The molecule has 3 aromatic carbocycles. The molecule has 42 heavy (non-hydrogen) atoms. The van der Waals surface area contributed by atoms with Gasteiger partial charge >= 0.3 is 0 Å². The van der Waals surface area contributed by atoms with E-state index in [-0.39, 0.29) is 35.4 Å². The molecule has 1 N–H and O–H groups in total. The summed E-state index contributed by atoms with van der Waals surface area (Å²) in [5, 5.41) is 2.86. The zero-order valence-electron chi connectivity index (χ0n) is 23.8. The number of benzene rings is 3. The molecule has 0 spiro atoms. The van der Waals surface area contributed by atoms with Gasteiger partial charge in [-0.15, -0.1) is 0 Å². The smallest absolute Gasteiger partial charge is 0.264 e. The number of amides is 2. The van der Waals surface area contributed by atoms with Crippen molar-refractivity contribution in [1.82, 2.24) is 10.2 Å². The van der Waals surface area contributed by atoms with Crippen LogP contribution in [0.4, 0.5) is 10.1 Å². The number of sulfonamides is 1. The summed E-state index contributed by atoms with van der Waals surface area (Å²) in [6.45, 7) is 4.41. The first-order valence-electron chi connectivity index (χ1n) is 14.0. The highest BCUT2D eigenvalue weighted by Gasteiger charge is 2.34. The summed E-state index contributed by atoms with van der Waals surface area (Å²) in [5.41, 5.74) is 1.07. The van der Waals surface area contributed by atoms with E-state index >= 15 is 0 Å². The normalized spacial score (nSPS) is 13.2. The zero-order chi connectivity index (χ0) is 30.1. The van der Waals surface area contributed by atoms with Crippen molar-refractivity contribution in [1.29, 1.82) is 0 Å². The molecule has 3 aromatic rings. The average Bonchev–Trinajstić information content (AvgIpc) is 3.01. The first-order chi connectivity index (χ1) is 20.2. The van der Waals surface area contributed by atoms with Gasteiger partial charge in [-0.25, -0.2) is 12.8 Å². The number of anilines is 1. The van der Waals surface area contributed by atoms with Crippen LogP contribution >= 0.6 is 0 Å². The minimum Gasteiger partial charge on any atom is -0.486 e. The molecule has 1 aliphatic rings. The molecule has 0 fully saturated rings. The van der Waals surface area contributed by atoms with Crippen molar-refractivity contribution >= 4 is 27.5 Å². The largest absolute Gasteiger partial charge is 0.486 e. The third-order valence-electron chi connectivity index (χ3n) is 6.91. The Bertz CT molecular complexity index is 1470. The Kier molecular flexibility index (Phi) is 10.4. The molecule has 0 saturated heterocycles. The summed E-state index contributed by atoms with van der Waals surface area (Å²) >= 11 is 0. The van der Waals surface area contributed by atoms with Crippen molar-refractivity contribution in [3.63, 3.8) is 0 Å². The lowest BCUT2D eigenvalue weighted by Gasteiger charge is -2.33. The van der Waals surface area contributed by atoms with Crippen molar-refractivity contribution in [3.05, 3.63) is 84.2 Å². The highest BCUT2D eigenvalue weighted by atomic mass is 32.2. The Morgan fingerprint density at radius 3 is 2.31 bits per heavy atom. The van der Waals surface area contributed by atoms with Gasteiger partial charge in [0.15, 0.2) is 11.5 Å². The number of carbonyl (C=O) groups excluding carboxylic acids is 2. The SMILES string of the molecule is CCCNC(=O)[C@H](CC)N(CCc1ccccc1)C(=O)CN(c1ccc(F)cc1)S(=O)(=O)c1ccc2c(c1)OCCO2. The lowest BCUT2D eigenvalue weighted by Crippen LogP contribution is -2.53. The van der Waals surface area contributed by atoms with Crippen LogP contribution in [0.2, 0.25) is 0 Å². The van der Waals surface area contributed by atoms with Crippen molar-refractivity contribution in [2.75, 3.05) is 37.2 Å². The van der Waals surface area contributed by atoms with Crippen molar-refractivity contribution in [2.45, 2.75) is 44.0 Å². The molecule has 2 amide bonds. The van der Waals surface area contributed by atoms with Crippen LogP contribution in [-0.4, -0.2) is 64.0 Å². The molecule has 0 bridgehead atoms. The van der Waals surface area contributed by atoms with E-state index in [1.807, 2.05) is 44.2 Å². The second-order valence-electron chi connectivity index (χ2n) is 9.83. The fraction of sp³-hybridized carbons (Fsp3) is 0.355. The fourth-order valence-electron chi connectivity index (χ4n) is 4.71. The Labute approximate surface area is 246 Å². The Morgan fingerprint density at radius 1 is 0.952 bits per heavy atom. The zero-order valence-corrected chi connectivity index (χ0v) is 24.6. The number of carbonyl (C=O) groups is 2. The van der Waals surface area contributed by atoms with Gasteiger partial charge in [-0.1, -0.05) is 44.2 Å². The van der Waals surface area contributed by atoms with E-state index in [1.54, 1.807) is 0 Å². The van der Waals surface area contributed by atoms with E-state index in [4.69, 9.17) is 9.47 Å². The maximum Gasteiger partial charge on any atom is 0.264 e. The number of fused-ring (bicyclic) bond motifs is 1. The predicted molar refractivity (Wildman–Crippen MR) is 158 cm³/mol. The topological polar surface area (TPSA) is 105 Å². The molecule has 224 valence electrons. The molecule has 1 aliphatic heterocycles. The lowest BCUT2D eigenvalue weighted by molar-refractivity contribution is -0.139. The number of hydrogen-bond donors (Lipinski definition) is 1. The Hall–Kier alpha value is -4.12. The van der Waals surface area contributed by atoms with Crippen LogP contribution in [0.5, 0.6) is 11.5 Å². The van der Waals surface area contributed by atoms with E-state index in [0.717, 1.165) is 28.4 Å². The van der Waals surface area contributed by atoms with Gasteiger partial charge < -0.3 is 19.7 Å². The maximum atomic E-state index is 14.0. The van der Waals surface area contributed by atoms with Gasteiger partial charge in [0.2, 0.25) is 11.8 Å². The van der Waals surface area contributed by atoms with Gasteiger partial charge in [-0.05, 0) is 61.2 Å². The number of nitrogens with zero attached hydrogens (tertiary/aromatic N) is 2. The number of halogens is 1. The maximum absolute atomic E-state index is 14.0. The number of hydrogen-bond acceptors (Lipinski definition) is 6. The quantitative estimate of drug-likeness (QED) is 0.317. The number of ether oxygens (including phenoxy) is 2. The minimum absolute atomic E-state index is 0.103. The van der Waals surface area contributed by atoms with Crippen LogP contribution in [0, 0.1) is 5.82 Å². The summed E-state index contributed by atoms with van der Waals surface area (Å²) in [4.78, 5) is 28.5. The minimum atomic E-state index is -4.34. The van der Waals surface area contributed by atoms with Crippen LogP contribution in [0.1, 0.15) is 32.3 Å². The second-order valence-corrected chi connectivity index (χ2v) is 11.7. The van der Waals surface area contributed by atoms with E-state index in [1.165, 1.54) is 35.2 Å². The van der Waals surface area contributed by atoms with Crippen LogP contribution in [-0.2, 0) is 26.0 Å². The number of nitrogens with one attached hydrogen (secondary N) is 1. The van der Waals surface area contributed by atoms with Gasteiger partial charge in [0.05, 0.1) is 10.6 Å². The van der Waals surface area contributed by atoms with Gasteiger partial charge in [0, 0.05) is 19.2 Å². The molecular formula is C31H36FN3O6S. The Balaban J connectivity index is 1.69. The van der Waals surface area contributed by atoms with E-state index in [2.05, 4.69) is 5.32 Å². The van der Waals surface area contributed by atoms with Crippen LogP contribution in [0.15, 0.2) is 77.7 Å². The highest BCUT2D eigenvalue weighted by molar-refractivity contribution is 7.92. The van der Waals surface area contributed by atoms with Crippen LogP contribution in [0.3, 0.4) is 0 Å². The Morgan fingerprint density at radius 2 is 1.64 bits per heavy atom. The summed E-state index contributed by atoms with van der Waals surface area (Å²) < 4.78 is 54.0. The first-order valence-corrected chi connectivity index (χ1v) is 15.5. The third-order valence-corrected chi connectivity index (χ3v) is 8.68. The van der Waals surface area contributed by atoms with Gasteiger partial charge in [0.25, 0.3) is 10.0 Å². The van der Waals surface area contributed by atoms with Gasteiger partial charge in [-0.3, -0.25) is 13.9 Å². The van der Waals surface area contributed by atoms with Gasteiger partial charge in [-0.2, -0.15) is 0 Å². The standard InChI is InChI=1S/C31H36FN3O6S/c1-3-17-33-31(37)27(4-2)34(18-16-23-8-6-5-7-9-23)30(36)22-35(25-12-10-24(32)11-13-25)42(38,39)26-14-15-28-29(21-26)41-20-19-40-28/h5-15,21,27H,3-4,16-20,22H2,1-2H3,(H,33,37)/t27-/m0/s1. The lowest BCUT2D eigenvalue weighted by atomic mass is 10.1. The second kappa shape index (κ2) is 14.2. The van der Waals surface area contributed by atoms with E-state index in [9.17, 15) is 22.4 Å². The predicted octanol–water partition coefficient (Wildman–Crippen LogP) is 4.17. The monoisotopic (exact) mass is 597 g/mol. The summed E-state index contributed by atoms with van der Waals surface area (Å²) in [7, 11) is -4.34. The van der Waals surface area contributed by atoms with Crippen LogP contribution in [0.25, 0.3) is 0 Å². The molecule has 0 aromatic heterocycles. The molecule has 0 saturated carbocycles. The molecule has 9 nitrogen and oxygen atoms in total. The molecule has 11 heteroatoms. The first kappa shape index (κ1) is 30.8. The van der Waals surface area contributed by atoms with Crippen LogP contribution < -0.4 is 19.1 Å². The van der Waals surface area contributed by atoms with Crippen molar-refractivity contribution in [2.24, 2.45) is 0 Å². The molecule has 1 atom stereocenters. The molecular weight excluding hydrogens is 561 g/mol. The molecule has 0 radical (unpaired) electrons. The highest BCUT2D eigenvalue weighted by Crippen LogP contribution is 2.34. The average molecular weight is 598 g/mol. The van der Waals surface area contributed by atoms with E-state index < -0.39 is 34.3 Å².